The summed E-state index contributed by atoms with van der Waals surface area (Å²) in [6.45, 7) is 1.26. The third kappa shape index (κ3) is 4.90. The summed E-state index contributed by atoms with van der Waals surface area (Å²) >= 11 is 0. The van der Waals surface area contributed by atoms with E-state index in [2.05, 4.69) is 25.6 Å². The SMILES string of the molecule is CN=C(NCCc1nc2ccccc2[nH]1)NCc1cc(OC)c(OC)c(OC)c1. The number of imidazole rings is 1. The van der Waals surface area contributed by atoms with Gasteiger partial charge in [0.15, 0.2) is 17.5 Å². The Bertz CT molecular complexity index is 925. The Balaban J connectivity index is 1.56. The zero-order chi connectivity index (χ0) is 20.6. The van der Waals surface area contributed by atoms with E-state index < -0.39 is 0 Å². The average Bonchev–Trinajstić information content (AvgIpc) is 3.17. The Kier molecular flexibility index (Phi) is 6.78. The third-order valence-corrected chi connectivity index (χ3v) is 4.50. The van der Waals surface area contributed by atoms with Crippen molar-refractivity contribution < 1.29 is 14.2 Å². The first-order chi connectivity index (χ1) is 14.2. The number of H-pyrrole nitrogens is 1. The Labute approximate surface area is 170 Å². The number of rotatable bonds is 8. The quantitative estimate of drug-likeness (QED) is 0.400. The van der Waals surface area contributed by atoms with E-state index in [-0.39, 0.29) is 0 Å². The van der Waals surface area contributed by atoms with Crippen molar-refractivity contribution in [1.29, 1.82) is 0 Å². The monoisotopic (exact) mass is 397 g/mol. The van der Waals surface area contributed by atoms with E-state index in [1.807, 2.05) is 36.4 Å². The van der Waals surface area contributed by atoms with Gasteiger partial charge in [-0.25, -0.2) is 4.98 Å². The molecule has 3 aromatic rings. The van der Waals surface area contributed by atoms with Crippen LogP contribution in [0.4, 0.5) is 0 Å². The maximum absolute atomic E-state index is 5.40. The van der Waals surface area contributed by atoms with Gasteiger partial charge in [0.1, 0.15) is 5.82 Å². The van der Waals surface area contributed by atoms with Gasteiger partial charge in [-0.15, -0.1) is 0 Å². The van der Waals surface area contributed by atoms with Crippen molar-refractivity contribution in [3.05, 3.63) is 47.8 Å². The third-order valence-electron chi connectivity index (χ3n) is 4.50. The molecule has 0 saturated heterocycles. The molecular weight excluding hydrogens is 370 g/mol. The van der Waals surface area contributed by atoms with Crippen LogP contribution in [-0.2, 0) is 13.0 Å². The topological polar surface area (TPSA) is 92.8 Å². The Morgan fingerprint density at radius 2 is 1.76 bits per heavy atom. The molecule has 0 unspecified atom stereocenters. The van der Waals surface area contributed by atoms with Crippen molar-refractivity contribution in [2.24, 2.45) is 4.99 Å². The van der Waals surface area contributed by atoms with Gasteiger partial charge in [0.2, 0.25) is 5.75 Å². The molecule has 2 aromatic carbocycles. The molecule has 0 aliphatic rings. The lowest BCUT2D eigenvalue weighted by molar-refractivity contribution is 0.323. The van der Waals surface area contributed by atoms with Gasteiger partial charge in [-0.1, -0.05) is 12.1 Å². The molecule has 8 nitrogen and oxygen atoms in total. The van der Waals surface area contributed by atoms with Gasteiger partial charge in [-0.3, -0.25) is 4.99 Å². The summed E-state index contributed by atoms with van der Waals surface area (Å²) in [5.74, 6) is 3.47. The molecule has 0 bridgehead atoms. The summed E-state index contributed by atoms with van der Waals surface area (Å²) in [5.41, 5.74) is 3.01. The smallest absolute Gasteiger partial charge is 0.203 e. The highest BCUT2D eigenvalue weighted by Crippen LogP contribution is 2.38. The Hall–Kier alpha value is -3.42. The minimum Gasteiger partial charge on any atom is -0.493 e. The van der Waals surface area contributed by atoms with Crippen LogP contribution in [-0.4, -0.2) is 50.8 Å². The summed E-state index contributed by atoms with van der Waals surface area (Å²) < 4.78 is 16.2. The van der Waals surface area contributed by atoms with Crippen LogP contribution in [0.15, 0.2) is 41.4 Å². The molecule has 0 amide bonds. The van der Waals surface area contributed by atoms with Crippen molar-refractivity contribution in [2.75, 3.05) is 34.9 Å². The van der Waals surface area contributed by atoms with Crippen molar-refractivity contribution in [1.82, 2.24) is 20.6 Å². The number of hydrogen-bond donors (Lipinski definition) is 3. The number of fused-ring (bicyclic) bond motifs is 1. The van der Waals surface area contributed by atoms with Crippen LogP contribution >= 0.6 is 0 Å². The van der Waals surface area contributed by atoms with E-state index in [4.69, 9.17) is 14.2 Å². The Morgan fingerprint density at radius 1 is 1.03 bits per heavy atom. The highest BCUT2D eigenvalue weighted by atomic mass is 16.5. The zero-order valence-corrected chi connectivity index (χ0v) is 17.2. The summed E-state index contributed by atoms with van der Waals surface area (Å²) in [6, 6.07) is 11.8. The molecule has 0 aliphatic heterocycles. The lowest BCUT2D eigenvalue weighted by atomic mass is 10.2. The highest BCUT2D eigenvalue weighted by Gasteiger charge is 2.13. The van der Waals surface area contributed by atoms with Crippen LogP contribution in [0.25, 0.3) is 11.0 Å². The molecule has 8 heteroatoms. The molecule has 154 valence electrons. The minimum atomic E-state index is 0.557. The van der Waals surface area contributed by atoms with E-state index in [9.17, 15) is 0 Å². The highest BCUT2D eigenvalue weighted by molar-refractivity contribution is 5.79. The van der Waals surface area contributed by atoms with E-state index in [0.29, 0.717) is 36.3 Å². The normalized spacial score (nSPS) is 11.4. The fraction of sp³-hybridized carbons (Fsp3) is 0.333. The molecule has 1 heterocycles. The number of nitrogens with one attached hydrogen (secondary N) is 3. The van der Waals surface area contributed by atoms with Gasteiger partial charge in [-0.2, -0.15) is 0 Å². The molecule has 29 heavy (non-hydrogen) atoms. The number of para-hydroxylation sites is 2. The first-order valence-electron chi connectivity index (χ1n) is 9.35. The molecule has 0 radical (unpaired) electrons. The van der Waals surface area contributed by atoms with E-state index >= 15 is 0 Å². The van der Waals surface area contributed by atoms with Crippen LogP contribution in [0, 0.1) is 0 Å². The summed E-state index contributed by atoms with van der Waals surface area (Å²) in [7, 11) is 6.54. The van der Waals surface area contributed by atoms with Gasteiger partial charge in [0.25, 0.3) is 0 Å². The predicted molar refractivity (Wildman–Crippen MR) is 114 cm³/mol. The fourth-order valence-electron chi connectivity index (χ4n) is 3.07. The first-order valence-corrected chi connectivity index (χ1v) is 9.35. The molecular formula is C21H27N5O3. The fourth-order valence-corrected chi connectivity index (χ4v) is 3.07. The van der Waals surface area contributed by atoms with Crippen LogP contribution in [0.5, 0.6) is 17.2 Å². The summed E-state index contributed by atoms with van der Waals surface area (Å²) in [6.07, 6.45) is 0.763. The van der Waals surface area contributed by atoms with Crippen molar-refractivity contribution in [2.45, 2.75) is 13.0 Å². The number of nitrogens with zero attached hydrogens (tertiary/aromatic N) is 2. The molecule has 3 rings (SSSR count). The van der Waals surface area contributed by atoms with Crippen LogP contribution in [0.3, 0.4) is 0 Å². The first kappa shape index (κ1) is 20.3. The lowest BCUT2D eigenvalue weighted by Crippen LogP contribution is -2.37. The lowest BCUT2D eigenvalue weighted by Gasteiger charge is -2.15. The predicted octanol–water partition coefficient (Wildman–Crippen LogP) is 2.50. The van der Waals surface area contributed by atoms with Gasteiger partial charge >= 0.3 is 0 Å². The number of ether oxygens (including phenoxy) is 3. The zero-order valence-electron chi connectivity index (χ0n) is 17.2. The second-order valence-electron chi connectivity index (χ2n) is 6.34. The molecule has 0 saturated carbocycles. The number of hydrogen-bond acceptors (Lipinski definition) is 5. The molecule has 0 aliphatic carbocycles. The molecule has 0 atom stereocenters. The van der Waals surface area contributed by atoms with Gasteiger partial charge in [0.05, 0.1) is 32.4 Å². The number of guanidine groups is 1. The standard InChI is InChI=1S/C21H27N5O3/c1-22-21(23-10-9-19-25-15-7-5-6-8-16(15)26-19)24-13-14-11-17(27-2)20(29-4)18(12-14)28-3/h5-8,11-12H,9-10,13H2,1-4H3,(H,25,26)(H2,22,23,24). The van der Waals surface area contributed by atoms with Crippen LogP contribution < -0.4 is 24.8 Å². The number of aromatic amines is 1. The minimum absolute atomic E-state index is 0.557. The number of aliphatic imine (C=N–C) groups is 1. The van der Waals surface area contributed by atoms with Crippen LogP contribution in [0.1, 0.15) is 11.4 Å². The van der Waals surface area contributed by atoms with E-state index in [0.717, 1.165) is 28.8 Å². The van der Waals surface area contributed by atoms with E-state index in [1.165, 1.54) is 0 Å². The Morgan fingerprint density at radius 3 is 2.38 bits per heavy atom. The van der Waals surface area contributed by atoms with Gasteiger partial charge in [-0.05, 0) is 29.8 Å². The van der Waals surface area contributed by atoms with E-state index in [1.54, 1.807) is 28.4 Å². The average molecular weight is 397 g/mol. The van der Waals surface area contributed by atoms with Crippen LogP contribution in [0.2, 0.25) is 0 Å². The molecule has 0 fully saturated rings. The van der Waals surface area contributed by atoms with Gasteiger partial charge in [0, 0.05) is 26.6 Å². The molecule has 3 N–H and O–H groups in total. The summed E-state index contributed by atoms with van der Waals surface area (Å²) in [5, 5.41) is 6.60. The van der Waals surface area contributed by atoms with Crippen molar-refractivity contribution in [3.8, 4) is 17.2 Å². The number of aromatic nitrogens is 2. The maximum atomic E-state index is 5.40. The number of methoxy groups -OCH3 is 3. The number of benzene rings is 2. The maximum Gasteiger partial charge on any atom is 0.203 e. The summed E-state index contributed by atoms with van der Waals surface area (Å²) in [4.78, 5) is 12.2. The van der Waals surface area contributed by atoms with Gasteiger partial charge < -0.3 is 29.8 Å². The van der Waals surface area contributed by atoms with Crippen molar-refractivity contribution in [3.63, 3.8) is 0 Å². The molecule has 0 spiro atoms. The molecule has 1 aromatic heterocycles. The second kappa shape index (κ2) is 9.68. The van der Waals surface area contributed by atoms with Crippen molar-refractivity contribution >= 4 is 17.0 Å². The second-order valence-corrected chi connectivity index (χ2v) is 6.34. The largest absolute Gasteiger partial charge is 0.493 e.